The lowest BCUT2D eigenvalue weighted by atomic mass is 10.3. The van der Waals surface area contributed by atoms with E-state index in [1.54, 1.807) is 13.0 Å². The second kappa shape index (κ2) is 7.42. The molecule has 0 radical (unpaired) electrons. The molecule has 18 heavy (non-hydrogen) atoms. The van der Waals surface area contributed by atoms with Crippen LogP contribution in [0.5, 0.6) is 0 Å². The van der Waals surface area contributed by atoms with Crippen LogP contribution >= 0.6 is 0 Å². The molecule has 100 valence electrons. The van der Waals surface area contributed by atoms with Gasteiger partial charge in [-0.25, -0.2) is 9.36 Å². The topological polar surface area (TPSA) is 65.1 Å². The minimum Gasteiger partial charge on any atom is -0.407 e. The molecular formula is C13H20N2O3. The summed E-state index contributed by atoms with van der Waals surface area (Å²) in [5.41, 5.74) is 0.578. The summed E-state index contributed by atoms with van der Waals surface area (Å²) in [6, 6.07) is 1.60. The Bertz CT molecular complexity index is 612. The maximum absolute atomic E-state index is 11.6. The molecule has 0 N–H and O–H groups in total. The van der Waals surface area contributed by atoms with Gasteiger partial charge in [-0.3, -0.25) is 9.78 Å². The van der Waals surface area contributed by atoms with Crippen molar-refractivity contribution in [1.29, 1.82) is 0 Å². The van der Waals surface area contributed by atoms with Crippen LogP contribution in [0.25, 0.3) is 11.0 Å². The second-order valence-corrected chi connectivity index (χ2v) is 3.05. The highest BCUT2D eigenvalue weighted by molar-refractivity contribution is 5.74. The number of aromatic nitrogens is 2. The van der Waals surface area contributed by atoms with Crippen molar-refractivity contribution in [2.75, 3.05) is 0 Å². The van der Waals surface area contributed by atoms with E-state index < -0.39 is 5.76 Å². The molecule has 0 amide bonds. The van der Waals surface area contributed by atoms with Gasteiger partial charge in [-0.2, -0.15) is 0 Å². The van der Waals surface area contributed by atoms with E-state index in [1.165, 1.54) is 13.2 Å². The Morgan fingerprint density at radius 3 is 2.28 bits per heavy atom. The molecular weight excluding hydrogens is 232 g/mol. The molecule has 0 aliphatic rings. The number of rotatable bonds is 0. The molecule has 0 atom stereocenters. The Labute approximate surface area is 106 Å². The fraction of sp³-hybridized carbons (Fsp3) is 0.462. The van der Waals surface area contributed by atoms with Crippen LogP contribution in [-0.4, -0.2) is 9.55 Å². The monoisotopic (exact) mass is 252 g/mol. The highest BCUT2D eigenvalue weighted by Crippen LogP contribution is 2.06. The van der Waals surface area contributed by atoms with Gasteiger partial charge in [0.1, 0.15) is 0 Å². The summed E-state index contributed by atoms with van der Waals surface area (Å²) in [5, 5.41) is 0.375. The van der Waals surface area contributed by atoms with Gasteiger partial charge >= 0.3 is 5.76 Å². The van der Waals surface area contributed by atoms with Gasteiger partial charge in [0.25, 0.3) is 5.56 Å². The lowest BCUT2D eigenvalue weighted by Gasteiger charge is -1.98. The van der Waals surface area contributed by atoms with Gasteiger partial charge in [-0.1, -0.05) is 27.7 Å². The van der Waals surface area contributed by atoms with Gasteiger partial charge < -0.3 is 4.42 Å². The van der Waals surface area contributed by atoms with E-state index in [9.17, 15) is 9.59 Å². The Morgan fingerprint density at radius 1 is 1.17 bits per heavy atom. The Hall–Kier alpha value is -1.91. The largest absolute Gasteiger partial charge is 0.422 e. The maximum Gasteiger partial charge on any atom is 0.422 e. The Kier molecular flexibility index (Phi) is 6.63. The summed E-state index contributed by atoms with van der Waals surface area (Å²) < 4.78 is 5.81. The van der Waals surface area contributed by atoms with Crippen molar-refractivity contribution in [2.24, 2.45) is 7.05 Å². The number of hydrogen-bond donors (Lipinski definition) is 0. The SMILES string of the molecule is CC.CC.Cc1cc2c(=O)n(C)c(=O)oc2cn1. The third kappa shape index (κ3) is 3.29. The first-order valence-corrected chi connectivity index (χ1v) is 6.06. The first-order valence-electron chi connectivity index (χ1n) is 6.06. The molecule has 0 saturated heterocycles. The Morgan fingerprint density at radius 2 is 1.72 bits per heavy atom. The van der Waals surface area contributed by atoms with Crippen LogP contribution in [0.4, 0.5) is 0 Å². The lowest BCUT2D eigenvalue weighted by molar-refractivity contribution is 0.483. The normalized spacial score (nSPS) is 9.00. The molecule has 0 bridgehead atoms. The summed E-state index contributed by atoms with van der Waals surface area (Å²) in [6.45, 7) is 9.77. The van der Waals surface area contributed by atoms with Gasteiger partial charge in [0.2, 0.25) is 0 Å². The molecule has 0 aliphatic heterocycles. The van der Waals surface area contributed by atoms with Crippen LogP contribution in [0, 0.1) is 6.92 Å². The molecule has 0 fully saturated rings. The van der Waals surface area contributed by atoms with Crippen LogP contribution in [0.15, 0.2) is 26.3 Å². The first-order chi connectivity index (χ1) is 8.59. The quantitative estimate of drug-likeness (QED) is 0.721. The van der Waals surface area contributed by atoms with Crippen molar-refractivity contribution >= 4 is 11.0 Å². The highest BCUT2D eigenvalue weighted by atomic mass is 16.4. The van der Waals surface area contributed by atoms with Gasteiger partial charge in [-0.05, 0) is 13.0 Å². The third-order valence-electron chi connectivity index (χ3n) is 2.01. The average molecular weight is 252 g/mol. The van der Waals surface area contributed by atoms with Crippen molar-refractivity contribution in [2.45, 2.75) is 34.6 Å². The summed E-state index contributed by atoms with van der Waals surface area (Å²) in [6.07, 6.45) is 1.38. The molecule has 2 aromatic rings. The molecule has 5 nitrogen and oxygen atoms in total. The van der Waals surface area contributed by atoms with Crippen LogP contribution < -0.4 is 11.3 Å². The van der Waals surface area contributed by atoms with Crippen molar-refractivity contribution in [1.82, 2.24) is 9.55 Å². The molecule has 0 aromatic carbocycles. The fourth-order valence-corrected chi connectivity index (χ4v) is 1.22. The van der Waals surface area contributed by atoms with E-state index in [0.717, 1.165) is 4.57 Å². The predicted molar refractivity (Wildman–Crippen MR) is 73.0 cm³/mol. The van der Waals surface area contributed by atoms with E-state index in [2.05, 4.69) is 4.98 Å². The van der Waals surface area contributed by atoms with E-state index in [4.69, 9.17) is 4.42 Å². The van der Waals surface area contributed by atoms with E-state index >= 15 is 0 Å². The second-order valence-electron chi connectivity index (χ2n) is 3.05. The molecule has 0 saturated carbocycles. The number of pyridine rings is 1. The molecule has 0 aliphatic carbocycles. The number of aryl methyl sites for hydroxylation is 1. The third-order valence-corrected chi connectivity index (χ3v) is 2.01. The molecule has 2 rings (SSSR count). The summed E-state index contributed by atoms with van der Waals surface area (Å²) >= 11 is 0. The molecule has 2 aromatic heterocycles. The number of fused-ring (bicyclic) bond motifs is 1. The minimum atomic E-state index is -0.673. The molecule has 2 heterocycles. The number of hydrogen-bond acceptors (Lipinski definition) is 4. The minimum absolute atomic E-state index is 0.226. The van der Waals surface area contributed by atoms with Gasteiger partial charge in [0, 0.05) is 12.7 Å². The zero-order valence-electron chi connectivity index (χ0n) is 11.8. The van der Waals surface area contributed by atoms with Crippen molar-refractivity contribution in [3.8, 4) is 0 Å². The first kappa shape index (κ1) is 16.1. The van der Waals surface area contributed by atoms with E-state index in [1.807, 2.05) is 27.7 Å². The van der Waals surface area contributed by atoms with Gasteiger partial charge in [-0.15, -0.1) is 0 Å². The maximum atomic E-state index is 11.6. The molecule has 0 spiro atoms. The van der Waals surface area contributed by atoms with Gasteiger partial charge in [0.05, 0.1) is 11.6 Å². The van der Waals surface area contributed by atoms with Crippen LogP contribution in [0.2, 0.25) is 0 Å². The Balaban J connectivity index is 0.000000659. The fourth-order valence-electron chi connectivity index (χ4n) is 1.22. The average Bonchev–Trinajstić information content (AvgIpc) is 2.42. The van der Waals surface area contributed by atoms with Crippen molar-refractivity contribution in [3.05, 3.63) is 38.9 Å². The van der Waals surface area contributed by atoms with Crippen molar-refractivity contribution in [3.63, 3.8) is 0 Å². The van der Waals surface area contributed by atoms with Crippen LogP contribution in [-0.2, 0) is 7.05 Å². The zero-order chi connectivity index (χ0) is 14.3. The van der Waals surface area contributed by atoms with Crippen molar-refractivity contribution < 1.29 is 4.42 Å². The standard InChI is InChI=1S/C9H8N2O3.2C2H6/c1-5-3-6-7(4-10-5)14-9(13)11(2)8(6)12;2*1-2/h3-4H,1-2H3;2*1-2H3. The highest BCUT2D eigenvalue weighted by Gasteiger charge is 2.06. The van der Waals surface area contributed by atoms with E-state index in [-0.39, 0.29) is 11.1 Å². The summed E-state index contributed by atoms with van der Waals surface area (Å²) in [7, 11) is 1.38. The predicted octanol–water partition coefficient (Wildman–Crippen LogP) is 2.25. The van der Waals surface area contributed by atoms with Gasteiger partial charge in [0.15, 0.2) is 5.58 Å². The lowest BCUT2D eigenvalue weighted by Crippen LogP contribution is -2.29. The number of nitrogens with zero attached hydrogens (tertiary/aromatic N) is 2. The van der Waals surface area contributed by atoms with E-state index in [0.29, 0.717) is 11.1 Å². The van der Waals surface area contributed by atoms with Crippen LogP contribution in [0.1, 0.15) is 33.4 Å². The smallest absolute Gasteiger partial charge is 0.407 e. The summed E-state index contributed by atoms with van der Waals surface area (Å²) in [5.74, 6) is -0.673. The summed E-state index contributed by atoms with van der Waals surface area (Å²) in [4.78, 5) is 26.6. The van der Waals surface area contributed by atoms with Crippen LogP contribution in [0.3, 0.4) is 0 Å². The molecule has 5 heteroatoms. The zero-order valence-corrected chi connectivity index (χ0v) is 11.8. The molecule has 0 unspecified atom stereocenters.